The molecule has 0 saturated heterocycles. The summed E-state index contributed by atoms with van der Waals surface area (Å²) in [7, 11) is -0.320. The van der Waals surface area contributed by atoms with E-state index in [1.807, 2.05) is 6.92 Å². The Morgan fingerprint density at radius 2 is 2.10 bits per heavy atom. The van der Waals surface area contributed by atoms with Crippen LogP contribution in [0.2, 0.25) is 0 Å². The molecule has 6 heteroatoms. The molecule has 1 aromatic rings. The summed E-state index contributed by atoms with van der Waals surface area (Å²) in [6, 6.07) is 4.80. The predicted molar refractivity (Wildman–Crippen MR) is 78.2 cm³/mol. The number of rotatable bonds is 6. The first-order chi connectivity index (χ1) is 9.41. The molecule has 1 atom stereocenters. The lowest BCUT2D eigenvalue weighted by atomic mass is 10.2. The smallest absolute Gasteiger partial charge is 0.243 e. The molecule has 0 radical (unpaired) electrons. The molecule has 0 aliphatic heterocycles. The minimum atomic E-state index is -3.51. The number of nitrogens with two attached hydrogens (primary N) is 1. The molecule has 1 aliphatic rings. The van der Waals surface area contributed by atoms with Crippen LogP contribution in [-0.2, 0) is 10.0 Å². The maximum atomic E-state index is 12.6. The van der Waals surface area contributed by atoms with Crippen molar-refractivity contribution in [3.05, 3.63) is 23.8 Å². The van der Waals surface area contributed by atoms with Crippen LogP contribution in [0.4, 0.5) is 0 Å². The largest absolute Gasteiger partial charge is 0.496 e. The van der Waals surface area contributed by atoms with Crippen LogP contribution in [0, 0.1) is 12.8 Å². The normalized spacial score (nSPS) is 17.2. The van der Waals surface area contributed by atoms with E-state index in [9.17, 15) is 8.42 Å². The lowest BCUT2D eigenvalue weighted by molar-refractivity contribution is 0.340. The number of methoxy groups -OCH3 is 1. The lowest BCUT2D eigenvalue weighted by Gasteiger charge is -2.26. The monoisotopic (exact) mass is 298 g/mol. The quantitative estimate of drug-likeness (QED) is 0.860. The molecule has 0 amide bonds. The van der Waals surface area contributed by atoms with E-state index in [0.29, 0.717) is 18.2 Å². The highest BCUT2D eigenvalue weighted by Crippen LogP contribution is 2.36. The van der Waals surface area contributed by atoms with Crippen molar-refractivity contribution in [2.24, 2.45) is 11.7 Å². The number of hydrogen-bond acceptors (Lipinski definition) is 4. The average Bonchev–Trinajstić information content (AvgIpc) is 3.24. The van der Waals surface area contributed by atoms with Crippen molar-refractivity contribution in [2.45, 2.75) is 30.7 Å². The molecule has 0 bridgehead atoms. The second-order valence-electron chi connectivity index (χ2n) is 5.29. The van der Waals surface area contributed by atoms with Gasteiger partial charge in [0.15, 0.2) is 0 Å². The molecule has 1 aliphatic carbocycles. The standard InChI is InChI=1S/C14H22N2O3S/c1-10-8-12(6-7-14(10)19-3)20(17,18)16(2)13(9-15)11-4-5-11/h6-8,11,13H,4-5,9,15H2,1-3H3. The zero-order valence-electron chi connectivity index (χ0n) is 12.2. The zero-order valence-corrected chi connectivity index (χ0v) is 13.0. The van der Waals surface area contributed by atoms with E-state index in [1.54, 1.807) is 32.4 Å². The number of likely N-dealkylation sites (N-methyl/N-ethyl adjacent to an activating group) is 1. The molecule has 5 nitrogen and oxygen atoms in total. The van der Waals surface area contributed by atoms with Crippen molar-refractivity contribution in [1.82, 2.24) is 4.31 Å². The number of hydrogen-bond donors (Lipinski definition) is 1. The number of aryl methyl sites for hydroxylation is 1. The summed E-state index contributed by atoms with van der Waals surface area (Å²) in [6.07, 6.45) is 2.12. The van der Waals surface area contributed by atoms with Crippen molar-refractivity contribution in [1.29, 1.82) is 0 Å². The van der Waals surface area contributed by atoms with Gasteiger partial charge in [-0.15, -0.1) is 0 Å². The van der Waals surface area contributed by atoms with Gasteiger partial charge in [0.2, 0.25) is 10.0 Å². The molecule has 0 spiro atoms. The van der Waals surface area contributed by atoms with E-state index in [-0.39, 0.29) is 10.9 Å². The van der Waals surface area contributed by atoms with E-state index < -0.39 is 10.0 Å². The SMILES string of the molecule is COc1ccc(S(=O)(=O)N(C)C(CN)C2CC2)cc1C. The number of ether oxygens (including phenoxy) is 1. The summed E-state index contributed by atoms with van der Waals surface area (Å²) < 4.78 is 31.9. The van der Waals surface area contributed by atoms with Crippen LogP contribution in [0.5, 0.6) is 5.75 Å². The minimum Gasteiger partial charge on any atom is -0.496 e. The maximum absolute atomic E-state index is 12.6. The van der Waals surface area contributed by atoms with Crippen LogP contribution in [0.15, 0.2) is 23.1 Å². The van der Waals surface area contributed by atoms with Gasteiger partial charge < -0.3 is 10.5 Å². The van der Waals surface area contributed by atoms with Gasteiger partial charge in [-0.2, -0.15) is 4.31 Å². The summed E-state index contributed by atoms with van der Waals surface area (Å²) in [6.45, 7) is 2.19. The second kappa shape index (κ2) is 5.71. The fraction of sp³-hybridized carbons (Fsp3) is 0.571. The van der Waals surface area contributed by atoms with Crippen LogP contribution < -0.4 is 10.5 Å². The first kappa shape index (κ1) is 15.3. The van der Waals surface area contributed by atoms with Crippen molar-refractivity contribution < 1.29 is 13.2 Å². The van der Waals surface area contributed by atoms with Crippen LogP contribution in [0.25, 0.3) is 0 Å². The van der Waals surface area contributed by atoms with E-state index in [2.05, 4.69) is 0 Å². The average molecular weight is 298 g/mol. The summed E-state index contributed by atoms with van der Waals surface area (Å²) in [5.74, 6) is 1.09. The fourth-order valence-corrected chi connectivity index (χ4v) is 3.99. The van der Waals surface area contributed by atoms with E-state index in [0.717, 1.165) is 18.4 Å². The Morgan fingerprint density at radius 3 is 2.55 bits per heavy atom. The van der Waals surface area contributed by atoms with Gasteiger partial charge in [-0.25, -0.2) is 8.42 Å². The van der Waals surface area contributed by atoms with Crippen LogP contribution >= 0.6 is 0 Å². The van der Waals surface area contributed by atoms with Crippen LogP contribution in [0.3, 0.4) is 0 Å². The van der Waals surface area contributed by atoms with Crippen LogP contribution in [-0.4, -0.2) is 39.5 Å². The minimum absolute atomic E-state index is 0.109. The van der Waals surface area contributed by atoms with Crippen LogP contribution in [0.1, 0.15) is 18.4 Å². The first-order valence-electron chi connectivity index (χ1n) is 6.74. The van der Waals surface area contributed by atoms with E-state index >= 15 is 0 Å². The fourth-order valence-electron chi connectivity index (χ4n) is 2.47. The van der Waals surface area contributed by atoms with Gasteiger partial charge in [0, 0.05) is 19.6 Å². The molecule has 112 valence electrons. The van der Waals surface area contributed by atoms with Gasteiger partial charge in [-0.1, -0.05) is 0 Å². The van der Waals surface area contributed by atoms with Crippen molar-refractivity contribution in [3.63, 3.8) is 0 Å². The third-order valence-corrected chi connectivity index (χ3v) is 5.80. The maximum Gasteiger partial charge on any atom is 0.243 e. The Morgan fingerprint density at radius 1 is 1.45 bits per heavy atom. The molecule has 2 rings (SSSR count). The molecule has 1 fully saturated rings. The molecule has 0 heterocycles. The summed E-state index contributed by atoms with van der Waals surface area (Å²) in [5, 5.41) is 0. The topological polar surface area (TPSA) is 72.6 Å². The summed E-state index contributed by atoms with van der Waals surface area (Å²) in [4.78, 5) is 0.289. The Labute approximate surface area is 120 Å². The van der Waals surface area contributed by atoms with Crippen molar-refractivity contribution in [3.8, 4) is 5.75 Å². The highest BCUT2D eigenvalue weighted by atomic mass is 32.2. The first-order valence-corrected chi connectivity index (χ1v) is 8.18. The van der Waals surface area contributed by atoms with Gasteiger partial charge in [0.1, 0.15) is 5.75 Å². The second-order valence-corrected chi connectivity index (χ2v) is 7.29. The summed E-state index contributed by atoms with van der Waals surface area (Å²) >= 11 is 0. The molecular weight excluding hydrogens is 276 g/mol. The Bertz CT molecular complexity index is 582. The van der Waals surface area contributed by atoms with Gasteiger partial charge in [0.05, 0.1) is 12.0 Å². The molecule has 2 N–H and O–H groups in total. The van der Waals surface area contributed by atoms with Gasteiger partial charge in [-0.05, 0) is 49.4 Å². The predicted octanol–water partition coefficient (Wildman–Crippen LogP) is 1.36. The van der Waals surface area contributed by atoms with E-state index in [4.69, 9.17) is 10.5 Å². The number of nitrogens with zero attached hydrogens (tertiary/aromatic N) is 1. The summed E-state index contributed by atoms with van der Waals surface area (Å²) in [5.41, 5.74) is 6.54. The Balaban J connectivity index is 2.31. The highest BCUT2D eigenvalue weighted by molar-refractivity contribution is 7.89. The third-order valence-electron chi connectivity index (χ3n) is 3.92. The molecule has 1 saturated carbocycles. The van der Waals surface area contributed by atoms with Gasteiger partial charge in [-0.3, -0.25) is 0 Å². The number of benzene rings is 1. The van der Waals surface area contributed by atoms with Gasteiger partial charge >= 0.3 is 0 Å². The molecule has 20 heavy (non-hydrogen) atoms. The zero-order chi connectivity index (χ0) is 14.9. The number of sulfonamides is 1. The molecular formula is C14H22N2O3S. The van der Waals surface area contributed by atoms with Gasteiger partial charge in [0.25, 0.3) is 0 Å². The molecule has 0 aromatic heterocycles. The van der Waals surface area contributed by atoms with Crippen molar-refractivity contribution in [2.75, 3.05) is 20.7 Å². The lowest BCUT2D eigenvalue weighted by Crippen LogP contribution is -2.43. The Kier molecular flexibility index (Phi) is 4.36. The highest BCUT2D eigenvalue weighted by Gasteiger charge is 2.38. The molecule has 1 aromatic carbocycles. The van der Waals surface area contributed by atoms with Crippen molar-refractivity contribution >= 4 is 10.0 Å². The third kappa shape index (κ3) is 2.82. The Hall–Kier alpha value is -1.11. The van der Waals surface area contributed by atoms with E-state index in [1.165, 1.54) is 4.31 Å². The molecule has 1 unspecified atom stereocenters.